The van der Waals surface area contributed by atoms with E-state index in [2.05, 4.69) is 20.9 Å². The molecule has 4 atom stereocenters. The number of carboxylic acid groups (broad SMARTS) is 1. The monoisotopic (exact) mass is 547 g/mol. The number of para-hydroxylation sites is 1. The zero-order valence-electron chi connectivity index (χ0n) is 21.5. The summed E-state index contributed by atoms with van der Waals surface area (Å²) in [5, 5.41) is 27.2. The van der Waals surface area contributed by atoms with Crippen LogP contribution >= 0.6 is 0 Å². The van der Waals surface area contributed by atoms with Crippen LogP contribution in [0.4, 0.5) is 0 Å². The Hall–Kier alpha value is -4.01. The van der Waals surface area contributed by atoms with Crippen molar-refractivity contribution < 1.29 is 34.2 Å². The van der Waals surface area contributed by atoms with Gasteiger partial charge in [-0.2, -0.15) is 0 Å². The van der Waals surface area contributed by atoms with Crippen molar-refractivity contribution in [3.63, 3.8) is 0 Å². The number of carbonyl (C=O) groups is 5. The predicted molar refractivity (Wildman–Crippen MR) is 142 cm³/mol. The molecular formula is C25H37N7O7. The molecule has 14 nitrogen and oxygen atoms in total. The van der Waals surface area contributed by atoms with E-state index < -0.39 is 60.4 Å². The van der Waals surface area contributed by atoms with Gasteiger partial charge in [0.1, 0.15) is 18.1 Å². The maximum atomic E-state index is 12.9. The van der Waals surface area contributed by atoms with Crippen LogP contribution in [0.25, 0.3) is 10.9 Å². The topological polar surface area (TPSA) is 256 Å². The Labute approximate surface area is 225 Å². The fourth-order valence-electron chi connectivity index (χ4n) is 3.95. The number of primary amides is 1. The van der Waals surface area contributed by atoms with Gasteiger partial charge in [-0.1, -0.05) is 18.2 Å². The minimum Gasteiger partial charge on any atom is -0.480 e. The van der Waals surface area contributed by atoms with E-state index in [0.29, 0.717) is 19.4 Å². The molecule has 39 heavy (non-hydrogen) atoms. The summed E-state index contributed by atoms with van der Waals surface area (Å²) >= 11 is 0. The second kappa shape index (κ2) is 15.4. The molecule has 1 aromatic carbocycles. The van der Waals surface area contributed by atoms with Gasteiger partial charge in [0.25, 0.3) is 0 Å². The summed E-state index contributed by atoms with van der Waals surface area (Å²) < 4.78 is 0. The molecule has 0 aliphatic heterocycles. The van der Waals surface area contributed by atoms with Crippen molar-refractivity contribution in [3.8, 4) is 0 Å². The number of rotatable bonds is 17. The largest absolute Gasteiger partial charge is 0.480 e. The summed E-state index contributed by atoms with van der Waals surface area (Å²) in [5.41, 5.74) is 18.3. The van der Waals surface area contributed by atoms with Crippen LogP contribution in [0.1, 0.15) is 37.7 Å². The SMILES string of the molecule is NCCCCC(NC(=O)C(CO)NC(=O)C(N)Cc1c[nH]c2ccccc12)C(=O)NC(CCC(N)=O)C(=O)O. The molecule has 0 spiro atoms. The Morgan fingerprint density at radius 2 is 1.54 bits per heavy atom. The molecule has 0 fully saturated rings. The van der Waals surface area contributed by atoms with E-state index in [1.807, 2.05) is 24.3 Å². The van der Waals surface area contributed by atoms with Gasteiger partial charge >= 0.3 is 5.97 Å². The van der Waals surface area contributed by atoms with Gasteiger partial charge in [0.15, 0.2) is 0 Å². The summed E-state index contributed by atoms with van der Waals surface area (Å²) in [4.78, 5) is 64.1. The number of aromatic nitrogens is 1. The minimum atomic E-state index is -1.42. The third kappa shape index (κ3) is 9.67. The molecule has 1 aromatic heterocycles. The van der Waals surface area contributed by atoms with Crippen molar-refractivity contribution in [1.29, 1.82) is 0 Å². The van der Waals surface area contributed by atoms with Crippen LogP contribution in [0, 0.1) is 0 Å². The Balaban J connectivity index is 2.04. The molecule has 0 aliphatic rings. The molecule has 0 saturated carbocycles. The highest BCUT2D eigenvalue weighted by atomic mass is 16.4. The second-order valence-corrected chi connectivity index (χ2v) is 9.16. The molecule has 12 N–H and O–H groups in total. The average Bonchev–Trinajstić information content (AvgIpc) is 3.31. The summed E-state index contributed by atoms with van der Waals surface area (Å²) in [6.07, 6.45) is 2.49. The molecule has 2 rings (SSSR count). The third-order valence-electron chi connectivity index (χ3n) is 6.14. The average molecular weight is 548 g/mol. The highest BCUT2D eigenvalue weighted by Gasteiger charge is 2.30. The number of hydrogen-bond acceptors (Lipinski definition) is 8. The van der Waals surface area contributed by atoms with E-state index in [-0.39, 0.29) is 25.7 Å². The number of nitrogens with one attached hydrogen (secondary N) is 4. The maximum Gasteiger partial charge on any atom is 0.326 e. The van der Waals surface area contributed by atoms with E-state index in [4.69, 9.17) is 17.2 Å². The summed E-state index contributed by atoms with van der Waals surface area (Å²) in [5.74, 6) is -4.46. The highest BCUT2D eigenvalue weighted by Crippen LogP contribution is 2.18. The Bertz CT molecular complexity index is 1150. The first-order valence-electron chi connectivity index (χ1n) is 12.6. The summed E-state index contributed by atoms with van der Waals surface area (Å²) in [6.45, 7) is -0.437. The lowest BCUT2D eigenvalue weighted by atomic mass is 10.0. The first-order chi connectivity index (χ1) is 18.6. The fourth-order valence-corrected chi connectivity index (χ4v) is 3.95. The van der Waals surface area contributed by atoms with E-state index in [1.165, 1.54) is 0 Å². The van der Waals surface area contributed by atoms with Crippen molar-refractivity contribution in [3.05, 3.63) is 36.0 Å². The molecule has 0 saturated heterocycles. The van der Waals surface area contributed by atoms with Gasteiger partial charge in [-0.3, -0.25) is 19.2 Å². The van der Waals surface area contributed by atoms with Crippen LogP contribution in [-0.2, 0) is 30.4 Å². The lowest BCUT2D eigenvalue weighted by Gasteiger charge is -2.24. The number of benzene rings is 1. The number of unbranched alkanes of at least 4 members (excludes halogenated alkanes) is 1. The first kappa shape index (κ1) is 31.2. The number of nitrogens with two attached hydrogens (primary N) is 3. The van der Waals surface area contributed by atoms with E-state index in [0.717, 1.165) is 16.5 Å². The Morgan fingerprint density at radius 3 is 2.18 bits per heavy atom. The van der Waals surface area contributed by atoms with Gasteiger partial charge in [0.05, 0.1) is 12.6 Å². The molecule has 14 heteroatoms. The van der Waals surface area contributed by atoms with Gasteiger partial charge < -0.3 is 48.3 Å². The van der Waals surface area contributed by atoms with Gasteiger partial charge in [-0.05, 0) is 50.3 Å². The fraction of sp³-hybridized carbons (Fsp3) is 0.480. The van der Waals surface area contributed by atoms with Crippen LogP contribution in [0.3, 0.4) is 0 Å². The van der Waals surface area contributed by atoms with Crippen LogP contribution in [0.15, 0.2) is 30.5 Å². The molecule has 2 aromatic rings. The molecular weight excluding hydrogens is 510 g/mol. The number of carbonyl (C=O) groups excluding carboxylic acids is 4. The van der Waals surface area contributed by atoms with Gasteiger partial charge in [0.2, 0.25) is 23.6 Å². The van der Waals surface area contributed by atoms with Crippen LogP contribution in [-0.4, -0.2) is 82.1 Å². The van der Waals surface area contributed by atoms with Crippen molar-refractivity contribution in [2.45, 2.75) is 62.7 Å². The molecule has 214 valence electrons. The number of hydrogen-bond donors (Lipinski definition) is 9. The number of aliphatic hydroxyl groups is 1. The van der Waals surface area contributed by atoms with Gasteiger partial charge in [-0.15, -0.1) is 0 Å². The first-order valence-corrected chi connectivity index (χ1v) is 12.6. The van der Waals surface area contributed by atoms with Crippen molar-refractivity contribution in [1.82, 2.24) is 20.9 Å². The molecule has 4 unspecified atom stereocenters. The smallest absolute Gasteiger partial charge is 0.326 e. The normalized spacial score (nSPS) is 14.1. The Kier molecular flexibility index (Phi) is 12.3. The predicted octanol–water partition coefficient (Wildman–Crippen LogP) is -2.04. The molecule has 1 heterocycles. The third-order valence-corrected chi connectivity index (χ3v) is 6.14. The quantitative estimate of drug-likeness (QED) is 0.0987. The lowest BCUT2D eigenvalue weighted by molar-refractivity contribution is -0.142. The van der Waals surface area contributed by atoms with E-state index in [1.54, 1.807) is 6.20 Å². The number of aliphatic hydroxyl groups excluding tert-OH is 1. The van der Waals surface area contributed by atoms with Crippen molar-refractivity contribution in [2.24, 2.45) is 17.2 Å². The summed E-state index contributed by atoms with van der Waals surface area (Å²) in [7, 11) is 0. The van der Waals surface area contributed by atoms with E-state index in [9.17, 15) is 34.2 Å². The van der Waals surface area contributed by atoms with Crippen LogP contribution < -0.4 is 33.2 Å². The zero-order valence-corrected chi connectivity index (χ0v) is 21.5. The zero-order chi connectivity index (χ0) is 28.9. The van der Waals surface area contributed by atoms with Crippen molar-refractivity contribution >= 4 is 40.5 Å². The number of aromatic amines is 1. The summed E-state index contributed by atoms with van der Waals surface area (Å²) in [6, 6.07) is 2.44. The van der Waals surface area contributed by atoms with Crippen LogP contribution in [0.2, 0.25) is 0 Å². The lowest BCUT2D eigenvalue weighted by Crippen LogP contribution is -2.58. The number of H-pyrrole nitrogens is 1. The van der Waals surface area contributed by atoms with Crippen molar-refractivity contribution in [2.75, 3.05) is 13.2 Å². The molecule has 4 amide bonds. The maximum absolute atomic E-state index is 12.9. The van der Waals surface area contributed by atoms with Gasteiger partial charge in [0, 0.05) is 23.5 Å². The molecule has 0 bridgehead atoms. The number of amides is 4. The molecule has 0 radical (unpaired) electrons. The van der Waals surface area contributed by atoms with Gasteiger partial charge in [-0.25, -0.2) is 4.79 Å². The second-order valence-electron chi connectivity index (χ2n) is 9.16. The Morgan fingerprint density at radius 1 is 0.897 bits per heavy atom. The van der Waals surface area contributed by atoms with Crippen LogP contribution in [0.5, 0.6) is 0 Å². The highest BCUT2D eigenvalue weighted by molar-refractivity contribution is 5.94. The standard InChI is InChI=1S/C25H37N7O7/c26-10-4-3-7-18(23(36)31-19(25(38)39)8-9-21(28)34)30-24(37)20(13-33)32-22(35)16(27)11-14-12-29-17-6-2-1-5-15(14)17/h1-2,5-6,12,16,18-20,29,33H,3-4,7-11,13,26-27H2,(H2,28,34)(H,30,37)(H,31,36)(H,32,35)(H,38,39). The number of aliphatic carboxylic acids is 1. The minimum absolute atomic E-state index is 0.114. The molecule has 0 aliphatic carbocycles. The van der Waals surface area contributed by atoms with E-state index >= 15 is 0 Å². The number of carboxylic acids is 1. The number of fused-ring (bicyclic) bond motifs is 1.